The highest BCUT2D eigenvalue weighted by Gasteiger charge is 2.20. The van der Waals surface area contributed by atoms with Crippen LogP contribution in [0.15, 0.2) is 36.4 Å². The average Bonchev–Trinajstić information content (AvgIpc) is 2.88. The van der Waals surface area contributed by atoms with E-state index in [4.69, 9.17) is 0 Å². The Kier molecular flexibility index (Phi) is 4.90. The third-order valence-corrected chi connectivity index (χ3v) is 4.54. The summed E-state index contributed by atoms with van der Waals surface area (Å²) in [5.74, 6) is -1.80. The molecule has 0 radical (unpaired) electrons. The zero-order valence-corrected chi connectivity index (χ0v) is 12.1. The number of rotatable bonds is 6. The number of aryl methyl sites for hydroxylation is 1. The maximum absolute atomic E-state index is 13.6. The lowest BCUT2D eigenvalue weighted by Gasteiger charge is -2.12. The van der Waals surface area contributed by atoms with E-state index in [1.54, 1.807) is 29.5 Å². The van der Waals surface area contributed by atoms with Gasteiger partial charge in [-0.15, -0.1) is 11.3 Å². The monoisotopic (exact) mass is 292 g/mol. The second kappa shape index (κ2) is 6.66. The number of hydrogen-bond donors (Lipinski definition) is 1. The van der Waals surface area contributed by atoms with E-state index in [0.717, 1.165) is 11.3 Å². The first-order chi connectivity index (χ1) is 9.60. The lowest BCUT2D eigenvalue weighted by molar-refractivity contribution is -0.141. The topological polar surface area (TPSA) is 37.3 Å². The molecule has 0 aliphatic heterocycles. The van der Waals surface area contributed by atoms with Crippen molar-refractivity contribution >= 4 is 17.3 Å². The summed E-state index contributed by atoms with van der Waals surface area (Å²) in [6, 6.07) is 10.4. The fourth-order valence-corrected chi connectivity index (χ4v) is 3.18. The van der Waals surface area contributed by atoms with Crippen molar-refractivity contribution in [2.24, 2.45) is 5.92 Å². The van der Waals surface area contributed by atoms with Gasteiger partial charge in [0, 0.05) is 9.75 Å². The highest BCUT2D eigenvalue weighted by atomic mass is 32.1. The second-order valence-electron chi connectivity index (χ2n) is 4.76. The molecule has 1 heterocycles. The highest BCUT2D eigenvalue weighted by Crippen LogP contribution is 2.23. The zero-order chi connectivity index (χ0) is 14.5. The average molecular weight is 292 g/mol. The zero-order valence-electron chi connectivity index (χ0n) is 11.3. The van der Waals surface area contributed by atoms with Crippen molar-refractivity contribution in [3.05, 3.63) is 57.5 Å². The largest absolute Gasteiger partial charge is 0.481 e. The minimum atomic E-state index is -0.875. The molecule has 4 heteroatoms. The summed E-state index contributed by atoms with van der Waals surface area (Å²) in [6.45, 7) is 2.07. The molecule has 0 aliphatic carbocycles. The smallest absolute Gasteiger partial charge is 0.307 e. The van der Waals surface area contributed by atoms with Gasteiger partial charge in [-0.3, -0.25) is 4.79 Å². The second-order valence-corrected chi connectivity index (χ2v) is 6.01. The van der Waals surface area contributed by atoms with Crippen LogP contribution in [0.2, 0.25) is 0 Å². The van der Waals surface area contributed by atoms with Crippen molar-refractivity contribution in [2.45, 2.75) is 26.2 Å². The molecule has 2 rings (SSSR count). The van der Waals surface area contributed by atoms with Crippen molar-refractivity contribution in [1.82, 2.24) is 0 Å². The molecule has 0 saturated carbocycles. The first kappa shape index (κ1) is 14.7. The van der Waals surface area contributed by atoms with Crippen LogP contribution in [0.1, 0.15) is 22.2 Å². The third kappa shape index (κ3) is 3.67. The van der Waals surface area contributed by atoms with E-state index >= 15 is 0 Å². The van der Waals surface area contributed by atoms with Gasteiger partial charge in [0.05, 0.1) is 5.92 Å². The van der Waals surface area contributed by atoms with Crippen LogP contribution in [-0.4, -0.2) is 11.1 Å². The van der Waals surface area contributed by atoms with Crippen LogP contribution >= 0.6 is 11.3 Å². The minimum Gasteiger partial charge on any atom is -0.481 e. The van der Waals surface area contributed by atoms with E-state index in [2.05, 4.69) is 6.92 Å². The molecule has 106 valence electrons. The summed E-state index contributed by atoms with van der Waals surface area (Å²) in [5.41, 5.74) is 0.465. The molecule has 0 amide bonds. The summed E-state index contributed by atoms with van der Waals surface area (Å²) in [6.07, 6.45) is 1.63. The Morgan fingerprint density at radius 2 is 1.90 bits per heavy atom. The molecule has 1 atom stereocenters. The number of halogens is 1. The molecular formula is C16H17FO2S. The van der Waals surface area contributed by atoms with E-state index in [-0.39, 0.29) is 12.2 Å². The van der Waals surface area contributed by atoms with Gasteiger partial charge in [0.2, 0.25) is 0 Å². The van der Waals surface area contributed by atoms with Gasteiger partial charge in [0.1, 0.15) is 5.82 Å². The molecule has 0 bridgehead atoms. The molecule has 2 nitrogen and oxygen atoms in total. The molecule has 1 aromatic carbocycles. The summed E-state index contributed by atoms with van der Waals surface area (Å²) < 4.78 is 13.6. The van der Waals surface area contributed by atoms with Gasteiger partial charge < -0.3 is 5.11 Å². The van der Waals surface area contributed by atoms with Gasteiger partial charge in [-0.05, 0) is 43.0 Å². The van der Waals surface area contributed by atoms with Crippen LogP contribution in [0.4, 0.5) is 4.39 Å². The molecule has 1 unspecified atom stereocenters. The molecule has 2 aromatic rings. The van der Waals surface area contributed by atoms with E-state index in [0.29, 0.717) is 12.0 Å². The first-order valence-electron chi connectivity index (χ1n) is 6.64. The number of thiophene rings is 1. The molecule has 0 spiro atoms. The van der Waals surface area contributed by atoms with E-state index in [9.17, 15) is 14.3 Å². The van der Waals surface area contributed by atoms with Crippen molar-refractivity contribution in [3.8, 4) is 0 Å². The van der Waals surface area contributed by atoms with E-state index in [1.807, 2.05) is 12.1 Å². The molecule has 0 saturated heterocycles. The van der Waals surface area contributed by atoms with E-state index < -0.39 is 11.9 Å². The Bertz CT molecular complexity index is 592. The molecule has 0 fully saturated rings. The highest BCUT2D eigenvalue weighted by molar-refractivity contribution is 7.12. The maximum atomic E-state index is 13.6. The normalized spacial score (nSPS) is 12.3. The van der Waals surface area contributed by atoms with Gasteiger partial charge in [0.15, 0.2) is 0 Å². The lowest BCUT2D eigenvalue weighted by atomic mass is 9.95. The number of hydrogen-bond acceptors (Lipinski definition) is 2. The lowest BCUT2D eigenvalue weighted by Crippen LogP contribution is -2.19. The van der Waals surface area contributed by atoms with Gasteiger partial charge in [-0.2, -0.15) is 0 Å². The summed E-state index contributed by atoms with van der Waals surface area (Å²) in [7, 11) is 0. The first-order valence-corrected chi connectivity index (χ1v) is 7.45. The van der Waals surface area contributed by atoms with Gasteiger partial charge in [-0.25, -0.2) is 4.39 Å². The quantitative estimate of drug-likeness (QED) is 0.875. The van der Waals surface area contributed by atoms with Crippen LogP contribution in [0.25, 0.3) is 0 Å². The summed E-state index contributed by atoms with van der Waals surface area (Å²) in [5, 5.41) is 9.33. The van der Waals surface area contributed by atoms with Gasteiger partial charge >= 0.3 is 5.97 Å². The Balaban J connectivity index is 2.11. The predicted molar refractivity (Wildman–Crippen MR) is 78.6 cm³/mol. The maximum Gasteiger partial charge on any atom is 0.307 e. The Hall–Kier alpha value is -1.68. The van der Waals surface area contributed by atoms with Gasteiger partial charge in [0.25, 0.3) is 0 Å². The number of carboxylic acid groups (broad SMARTS) is 1. The molecular weight excluding hydrogens is 275 g/mol. The van der Waals surface area contributed by atoms with Crippen molar-refractivity contribution in [1.29, 1.82) is 0 Å². The SMILES string of the molecule is CCc1ccc(CC(Cc2ccccc2F)C(=O)O)s1. The Labute approximate surface area is 121 Å². The van der Waals surface area contributed by atoms with Crippen molar-refractivity contribution < 1.29 is 14.3 Å². The number of carbonyl (C=O) groups is 1. The standard InChI is InChI=1S/C16H17FO2S/c1-2-13-7-8-14(20-13)10-12(16(18)19)9-11-5-3-4-6-15(11)17/h3-8,12H,2,9-10H2,1H3,(H,18,19). The molecule has 1 aromatic heterocycles. The van der Waals surface area contributed by atoms with Gasteiger partial charge in [-0.1, -0.05) is 25.1 Å². The number of aliphatic carboxylic acids is 1. The Morgan fingerprint density at radius 1 is 1.20 bits per heavy atom. The van der Waals surface area contributed by atoms with Crippen LogP contribution in [0.3, 0.4) is 0 Å². The number of carboxylic acids is 1. The number of benzene rings is 1. The van der Waals surface area contributed by atoms with Crippen molar-refractivity contribution in [2.75, 3.05) is 0 Å². The summed E-state index contributed by atoms with van der Waals surface area (Å²) in [4.78, 5) is 13.7. The van der Waals surface area contributed by atoms with Crippen molar-refractivity contribution in [3.63, 3.8) is 0 Å². The fraction of sp³-hybridized carbons (Fsp3) is 0.312. The fourth-order valence-electron chi connectivity index (χ4n) is 2.14. The van der Waals surface area contributed by atoms with Crippen LogP contribution in [0, 0.1) is 11.7 Å². The third-order valence-electron chi connectivity index (χ3n) is 3.29. The summed E-state index contributed by atoms with van der Waals surface area (Å²) >= 11 is 1.64. The Morgan fingerprint density at radius 3 is 2.50 bits per heavy atom. The molecule has 1 N–H and O–H groups in total. The van der Waals surface area contributed by atoms with Crippen LogP contribution in [0.5, 0.6) is 0 Å². The van der Waals surface area contributed by atoms with E-state index in [1.165, 1.54) is 10.9 Å². The van der Waals surface area contributed by atoms with Crippen LogP contribution in [-0.2, 0) is 24.1 Å². The molecule has 0 aliphatic rings. The minimum absolute atomic E-state index is 0.224. The van der Waals surface area contributed by atoms with Crippen LogP contribution < -0.4 is 0 Å². The molecule has 20 heavy (non-hydrogen) atoms. The predicted octanol–water partition coefficient (Wildman–Crippen LogP) is 3.94.